The fourth-order valence-electron chi connectivity index (χ4n) is 0.185. The number of allylic oxidation sites excluding steroid dienone is 2. The summed E-state index contributed by atoms with van der Waals surface area (Å²) in [5, 5.41) is 0. The van der Waals surface area contributed by atoms with Gasteiger partial charge in [0.05, 0.1) is 0 Å². The summed E-state index contributed by atoms with van der Waals surface area (Å²) in [6.45, 7) is 1.97. The van der Waals surface area contributed by atoms with Gasteiger partial charge in [-0.2, -0.15) is 0 Å². The molecule has 0 aromatic rings. The summed E-state index contributed by atoms with van der Waals surface area (Å²) < 4.78 is 0.933. The van der Waals surface area contributed by atoms with E-state index in [1.54, 1.807) is 0 Å². The average molecular weight is 248 g/mol. The van der Waals surface area contributed by atoms with E-state index in [0.29, 0.717) is 0 Å². The predicted octanol–water partition coefficient (Wildman–Crippen LogP) is 2.53. The first kappa shape index (κ1) is 8.14. The molecule has 0 aliphatic carbocycles. The van der Waals surface area contributed by atoms with Crippen molar-refractivity contribution < 1.29 is 0 Å². The maximum atomic E-state index is 5.55. The van der Waals surface area contributed by atoms with Crippen LogP contribution in [0.5, 0.6) is 0 Å². The SMILES string of the molecule is C/C=C\[CH2][Sb]([Cl])[Cl]. The standard InChI is InChI=1S/C4H7.2ClH.Sb/c1-3-4-2;;;/h3-4H,1H2,2H3;2*1H;/q;;;+2/p-2/b4-3-;;;. The monoisotopic (exact) mass is 246 g/mol. The first-order chi connectivity index (χ1) is 3.27. The summed E-state index contributed by atoms with van der Waals surface area (Å²) in [6, 6.07) is 0. The molecule has 0 aromatic carbocycles. The Balaban J connectivity index is 2.97. The van der Waals surface area contributed by atoms with Gasteiger partial charge in [0.1, 0.15) is 0 Å². The van der Waals surface area contributed by atoms with Gasteiger partial charge in [-0.1, -0.05) is 0 Å². The van der Waals surface area contributed by atoms with Gasteiger partial charge < -0.3 is 0 Å². The van der Waals surface area contributed by atoms with Gasteiger partial charge in [0, 0.05) is 0 Å². The van der Waals surface area contributed by atoms with Gasteiger partial charge in [-0.15, -0.1) is 0 Å². The summed E-state index contributed by atoms with van der Waals surface area (Å²) in [6.07, 6.45) is 3.99. The summed E-state index contributed by atoms with van der Waals surface area (Å²) in [5.74, 6) is 0. The Morgan fingerprint density at radius 3 is 2.29 bits per heavy atom. The van der Waals surface area contributed by atoms with Gasteiger partial charge in [-0.25, -0.2) is 0 Å². The molecule has 0 aliphatic heterocycles. The summed E-state index contributed by atoms with van der Waals surface area (Å²) >= 11 is -1.68. The molecule has 0 nitrogen and oxygen atoms in total. The van der Waals surface area contributed by atoms with Crippen LogP contribution in [0, 0.1) is 0 Å². The van der Waals surface area contributed by atoms with Crippen molar-refractivity contribution in [2.24, 2.45) is 0 Å². The van der Waals surface area contributed by atoms with Gasteiger partial charge >= 0.3 is 59.0 Å². The normalized spacial score (nSPS) is 11.4. The molecule has 3 heteroatoms. The first-order valence-corrected chi connectivity index (χ1v) is 10.2. The fourth-order valence-corrected chi connectivity index (χ4v) is 2.31. The summed E-state index contributed by atoms with van der Waals surface area (Å²) in [5.41, 5.74) is 0. The molecule has 7 heavy (non-hydrogen) atoms. The van der Waals surface area contributed by atoms with Gasteiger partial charge in [0.15, 0.2) is 0 Å². The molecule has 0 rings (SSSR count). The molecule has 0 saturated carbocycles. The van der Waals surface area contributed by atoms with E-state index in [1.807, 2.05) is 19.1 Å². The predicted molar refractivity (Wildman–Crippen MR) is 37.1 cm³/mol. The number of halogens is 2. The van der Waals surface area contributed by atoms with Crippen molar-refractivity contribution in [3.05, 3.63) is 12.2 Å². The topological polar surface area (TPSA) is 0 Å². The quantitative estimate of drug-likeness (QED) is 0.520. The third-order valence-corrected chi connectivity index (χ3v) is 3.72. The zero-order chi connectivity index (χ0) is 5.70. The zero-order valence-corrected chi connectivity index (χ0v) is 8.13. The van der Waals surface area contributed by atoms with Crippen LogP contribution in [0.4, 0.5) is 0 Å². The zero-order valence-electron chi connectivity index (χ0n) is 4.06. The molecule has 0 radical (unpaired) electrons. The number of rotatable bonds is 2. The molecular formula is C4H7Cl2Sb. The summed E-state index contributed by atoms with van der Waals surface area (Å²) in [7, 11) is 11.1. The molecule has 0 aliphatic rings. The molecule has 0 atom stereocenters. The molecule has 0 aromatic heterocycles. The fraction of sp³-hybridized carbons (Fsp3) is 0.500. The van der Waals surface area contributed by atoms with Crippen molar-refractivity contribution in [2.75, 3.05) is 0 Å². The van der Waals surface area contributed by atoms with Gasteiger partial charge in [-0.3, -0.25) is 0 Å². The van der Waals surface area contributed by atoms with E-state index in [0.717, 1.165) is 4.37 Å². The van der Waals surface area contributed by atoms with Crippen molar-refractivity contribution in [3.8, 4) is 0 Å². The van der Waals surface area contributed by atoms with Crippen molar-refractivity contribution in [2.45, 2.75) is 11.3 Å². The van der Waals surface area contributed by atoms with E-state index in [4.69, 9.17) is 17.7 Å². The molecule has 0 heterocycles. The Morgan fingerprint density at radius 1 is 1.57 bits per heavy atom. The van der Waals surface area contributed by atoms with E-state index in [-0.39, 0.29) is 0 Å². The van der Waals surface area contributed by atoms with E-state index < -0.39 is 17.9 Å². The second kappa shape index (κ2) is 5.28. The Kier molecular flexibility index (Phi) is 6.14. The third-order valence-electron chi connectivity index (χ3n) is 0.479. The Hall–Kier alpha value is 1.14. The number of hydrogen-bond acceptors (Lipinski definition) is 0. The second-order valence-corrected chi connectivity index (χ2v) is 10.5. The van der Waals surface area contributed by atoms with Gasteiger partial charge in [0.2, 0.25) is 0 Å². The van der Waals surface area contributed by atoms with Crippen molar-refractivity contribution in [1.82, 2.24) is 0 Å². The van der Waals surface area contributed by atoms with Crippen LogP contribution in [0.15, 0.2) is 12.2 Å². The third kappa shape index (κ3) is 7.14. The Morgan fingerprint density at radius 2 is 2.14 bits per heavy atom. The number of hydrogen-bond donors (Lipinski definition) is 0. The van der Waals surface area contributed by atoms with Crippen molar-refractivity contribution in [1.29, 1.82) is 0 Å². The van der Waals surface area contributed by atoms with Gasteiger partial charge in [-0.05, 0) is 0 Å². The molecule has 0 saturated heterocycles. The Labute approximate surface area is 58.8 Å². The van der Waals surface area contributed by atoms with Crippen LogP contribution < -0.4 is 0 Å². The van der Waals surface area contributed by atoms with Crippen LogP contribution in [-0.4, -0.2) is 17.9 Å². The van der Waals surface area contributed by atoms with E-state index in [1.165, 1.54) is 0 Å². The van der Waals surface area contributed by atoms with E-state index in [2.05, 4.69) is 0 Å². The van der Waals surface area contributed by atoms with Crippen molar-refractivity contribution >= 4 is 35.6 Å². The minimum absolute atomic E-state index is 0.933. The van der Waals surface area contributed by atoms with Crippen LogP contribution in [0.2, 0.25) is 4.37 Å². The van der Waals surface area contributed by atoms with Crippen LogP contribution in [0.1, 0.15) is 6.92 Å². The van der Waals surface area contributed by atoms with Crippen LogP contribution >= 0.6 is 17.7 Å². The molecule has 42 valence electrons. The molecule has 0 spiro atoms. The minimum atomic E-state index is -1.68. The molecule has 0 N–H and O–H groups in total. The van der Waals surface area contributed by atoms with E-state index >= 15 is 0 Å². The van der Waals surface area contributed by atoms with Crippen LogP contribution in [0.3, 0.4) is 0 Å². The average Bonchev–Trinajstić information content (AvgIpc) is 1.61. The maximum absolute atomic E-state index is 5.55. The Bertz CT molecular complexity index is 60.7. The molecular weight excluding hydrogens is 241 g/mol. The van der Waals surface area contributed by atoms with Crippen molar-refractivity contribution in [3.63, 3.8) is 0 Å². The molecule has 0 unspecified atom stereocenters. The van der Waals surface area contributed by atoms with Crippen LogP contribution in [0.25, 0.3) is 0 Å². The molecule has 0 bridgehead atoms. The van der Waals surface area contributed by atoms with Gasteiger partial charge in [0.25, 0.3) is 0 Å². The second-order valence-electron chi connectivity index (χ2n) is 1.05. The molecule has 0 fully saturated rings. The van der Waals surface area contributed by atoms with Crippen LogP contribution in [-0.2, 0) is 0 Å². The van der Waals surface area contributed by atoms with E-state index in [9.17, 15) is 0 Å². The molecule has 0 amide bonds. The summed E-state index contributed by atoms with van der Waals surface area (Å²) in [4.78, 5) is 0. The first-order valence-electron chi connectivity index (χ1n) is 1.97.